The van der Waals surface area contributed by atoms with E-state index >= 15 is 0 Å². The Morgan fingerprint density at radius 2 is 2.00 bits per heavy atom. The number of benzene rings is 1. The molecule has 108 valence electrons. The molecule has 2 atom stereocenters. The molecule has 1 aromatic rings. The summed E-state index contributed by atoms with van der Waals surface area (Å²) in [6.45, 7) is 4.59. The molecule has 2 aliphatic rings. The van der Waals surface area contributed by atoms with Crippen LogP contribution in [0.2, 0.25) is 0 Å². The number of hydrogen-bond acceptors (Lipinski definition) is 2. The molecule has 1 aliphatic heterocycles. The third-order valence-electron chi connectivity index (χ3n) is 4.71. The molecule has 0 aromatic heterocycles. The largest absolute Gasteiger partial charge is 0.338 e. The lowest BCUT2D eigenvalue weighted by molar-refractivity contribution is -0.130. The van der Waals surface area contributed by atoms with Gasteiger partial charge in [-0.3, -0.25) is 4.79 Å². The van der Waals surface area contributed by atoms with E-state index < -0.39 is 0 Å². The van der Waals surface area contributed by atoms with E-state index in [-0.39, 0.29) is 5.91 Å². The van der Waals surface area contributed by atoms with Crippen LogP contribution in [0.25, 0.3) is 0 Å². The maximum absolute atomic E-state index is 12.3. The van der Waals surface area contributed by atoms with Gasteiger partial charge < -0.3 is 10.2 Å². The van der Waals surface area contributed by atoms with Crippen molar-refractivity contribution < 1.29 is 4.79 Å². The normalized spacial score (nSPS) is 25.9. The lowest BCUT2D eigenvalue weighted by atomic mass is 9.93. The molecule has 1 N–H and O–H groups in total. The summed E-state index contributed by atoms with van der Waals surface area (Å²) in [6, 6.07) is 10.9. The minimum absolute atomic E-state index is 0.261. The van der Waals surface area contributed by atoms with E-state index in [1.165, 1.54) is 18.4 Å². The van der Waals surface area contributed by atoms with Gasteiger partial charge in [0.1, 0.15) is 0 Å². The lowest BCUT2D eigenvalue weighted by Gasteiger charge is -2.25. The zero-order valence-electron chi connectivity index (χ0n) is 12.2. The van der Waals surface area contributed by atoms with Crippen molar-refractivity contribution in [3.05, 3.63) is 35.9 Å². The highest BCUT2D eigenvalue weighted by Gasteiger charge is 2.34. The minimum atomic E-state index is 0.261. The molecule has 3 heteroatoms. The van der Waals surface area contributed by atoms with E-state index in [0.717, 1.165) is 25.4 Å². The lowest BCUT2D eigenvalue weighted by Crippen LogP contribution is -2.41. The van der Waals surface area contributed by atoms with Crippen molar-refractivity contribution in [1.82, 2.24) is 10.2 Å². The van der Waals surface area contributed by atoms with Gasteiger partial charge in [0.05, 0.1) is 6.54 Å². The van der Waals surface area contributed by atoms with Gasteiger partial charge in [0, 0.05) is 18.5 Å². The molecule has 1 aliphatic carbocycles. The number of carbonyl (C=O) groups excluding carboxylic acids is 1. The van der Waals surface area contributed by atoms with Gasteiger partial charge in [-0.1, -0.05) is 30.3 Å². The maximum atomic E-state index is 12.3. The van der Waals surface area contributed by atoms with Crippen molar-refractivity contribution in [2.45, 2.75) is 38.1 Å². The number of rotatable bonds is 5. The van der Waals surface area contributed by atoms with E-state index in [4.69, 9.17) is 0 Å². The van der Waals surface area contributed by atoms with Crippen LogP contribution in [0.3, 0.4) is 0 Å². The van der Waals surface area contributed by atoms with Crippen molar-refractivity contribution in [3.8, 4) is 0 Å². The Hall–Kier alpha value is -1.35. The van der Waals surface area contributed by atoms with Crippen LogP contribution in [0, 0.1) is 5.92 Å². The highest BCUT2D eigenvalue weighted by Crippen LogP contribution is 2.33. The monoisotopic (exact) mass is 272 g/mol. The molecule has 1 saturated carbocycles. The number of hydrogen-bond donors (Lipinski definition) is 1. The van der Waals surface area contributed by atoms with Gasteiger partial charge in [-0.25, -0.2) is 0 Å². The molecule has 0 radical (unpaired) electrons. The highest BCUT2D eigenvalue weighted by atomic mass is 16.2. The minimum Gasteiger partial charge on any atom is -0.338 e. The Morgan fingerprint density at radius 1 is 1.25 bits per heavy atom. The van der Waals surface area contributed by atoms with Crippen LogP contribution in [0.5, 0.6) is 0 Å². The third kappa shape index (κ3) is 3.04. The molecule has 1 saturated heterocycles. The number of nitrogens with one attached hydrogen (secondary N) is 1. The highest BCUT2D eigenvalue weighted by molar-refractivity contribution is 5.79. The average Bonchev–Trinajstić information content (AvgIpc) is 3.21. The van der Waals surface area contributed by atoms with Crippen LogP contribution in [-0.2, 0) is 4.79 Å². The second-order valence-corrected chi connectivity index (χ2v) is 6.21. The summed E-state index contributed by atoms with van der Waals surface area (Å²) in [5.74, 6) is 1.58. The molecule has 0 bridgehead atoms. The Labute approximate surface area is 121 Å². The summed E-state index contributed by atoms with van der Waals surface area (Å²) in [6.07, 6.45) is 3.74. The number of nitrogens with zero attached hydrogens (tertiary/aromatic N) is 1. The molecule has 20 heavy (non-hydrogen) atoms. The second kappa shape index (κ2) is 5.96. The standard InChI is InChI=1S/C17H24N2O/c1-13-16(15-5-3-2-4-6-15)9-10-19(13)17(20)12-18-11-14-7-8-14/h2-6,13-14,16,18H,7-12H2,1H3. The van der Waals surface area contributed by atoms with Crippen LogP contribution < -0.4 is 5.32 Å². The fraction of sp³-hybridized carbons (Fsp3) is 0.588. The number of likely N-dealkylation sites (tertiary alicyclic amines) is 1. The summed E-state index contributed by atoms with van der Waals surface area (Å²) in [7, 11) is 0. The van der Waals surface area contributed by atoms with Crippen LogP contribution in [-0.4, -0.2) is 36.5 Å². The molecular weight excluding hydrogens is 248 g/mol. The van der Waals surface area contributed by atoms with E-state index in [1.54, 1.807) is 0 Å². The number of carbonyl (C=O) groups is 1. The van der Waals surface area contributed by atoms with Crippen molar-refractivity contribution in [2.24, 2.45) is 5.92 Å². The predicted molar refractivity (Wildman–Crippen MR) is 80.6 cm³/mol. The fourth-order valence-electron chi connectivity index (χ4n) is 3.24. The van der Waals surface area contributed by atoms with Gasteiger partial charge in [0.2, 0.25) is 5.91 Å². The first-order chi connectivity index (χ1) is 9.75. The predicted octanol–water partition coefficient (Wildman–Crippen LogP) is 2.39. The zero-order valence-corrected chi connectivity index (χ0v) is 12.2. The molecule has 2 fully saturated rings. The van der Waals surface area contributed by atoms with Crippen molar-refractivity contribution >= 4 is 5.91 Å². The molecule has 3 rings (SSSR count). The number of amides is 1. The molecule has 1 aromatic carbocycles. The van der Waals surface area contributed by atoms with Crippen LogP contribution in [0.15, 0.2) is 30.3 Å². The Bertz CT molecular complexity index is 455. The summed E-state index contributed by atoms with van der Waals surface area (Å²) in [5, 5.41) is 3.31. The second-order valence-electron chi connectivity index (χ2n) is 6.21. The van der Waals surface area contributed by atoms with E-state index in [9.17, 15) is 4.79 Å². The molecule has 1 heterocycles. The van der Waals surface area contributed by atoms with Crippen molar-refractivity contribution in [2.75, 3.05) is 19.6 Å². The van der Waals surface area contributed by atoms with Crippen LogP contribution in [0.4, 0.5) is 0 Å². The Morgan fingerprint density at radius 3 is 2.70 bits per heavy atom. The topological polar surface area (TPSA) is 32.3 Å². The van der Waals surface area contributed by atoms with Gasteiger partial charge in [-0.15, -0.1) is 0 Å². The summed E-state index contributed by atoms with van der Waals surface area (Å²) < 4.78 is 0. The first-order valence-corrected chi connectivity index (χ1v) is 7.81. The summed E-state index contributed by atoms with van der Waals surface area (Å²) >= 11 is 0. The van der Waals surface area contributed by atoms with Gasteiger partial charge in [-0.05, 0) is 44.2 Å². The van der Waals surface area contributed by atoms with Crippen LogP contribution in [0.1, 0.15) is 37.7 Å². The molecular formula is C17H24N2O. The van der Waals surface area contributed by atoms with Crippen molar-refractivity contribution in [3.63, 3.8) is 0 Å². The van der Waals surface area contributed by atoms with Gasteiger partial charge in [-0.2, -0.15) is 0 Å². The van der Waals surface area contributed by atoms with Crippen LogP contribution >= 0.6 is 0 Å². The first kappa shape index (κ1) is 13.6. The van der Waals surface area contributed by atoms with E-state index in [1.807, 2.05) is 6.07 Å². The zero-order chi connectivity index (χ0) is 13.9. The first-order valence-electron chi connectivity index (χ1n) is 7.81. The quantitative estimate of drug-likeness (QED) is 0.892. The van der Waals surface area contributed by atoms with Crippen molar-refractivity contribution in [1.29, 1.82) is 0 Å². The smallest absolute Gasteiger partial charge is 0.236 e. The fourth-order valence-corrected chi connectivity index (χ4v) is 3.24. The molecule has 0 spiro atoms. The SMILES string of the molecule is CC1C(c2ccccc2)CCN1C(=O)CNCC1CC1. The summed E-state index contributed by atoms with van der Waals surface area (Å²) in [4.78, 5) is 14.4. The maximum Gasteiger partial charge on any atom is 0.236 e. The van der Waals surface area contributed by atoms with E-state index in [0.29, 0.717) is 18.5 Å². The Kier molecular flexibility index (Phi) is 4.06. The Balaban J connectivity index is 1.54. The summed E-state index contributed by atoms with van der Waals surface area (Å²) in [5.41, 5.74) is 1.36. The van der Waals surface area contributed by atoms with Gasteiger partial charge >= 0.3 is 0 Å². The van der Waals surface area contributed by atoms with Gasteiger partial charge in [0.15, 0.2) is 0 Å². The van der Waals surface area contributed by atoms with Gasteiger partial charge in [0.25, 0.3) is 0 Å². The van der Waals surface area contributed by atoms with E-state index in [2.05, 4.69) is 41.4 Å². The molecule has 3 nitrogen and oxygen atoms in total. The average molecular weight is 272 g/mol. The third-order valence-corrected chi connectivity index (χ3v) is 4.71. The molecule has 1 amide bonds. The molecule has 2 unspecified atom stereocenters.